The summed E-state index contributed by atoms with van der Waals surface area (Å²) in [4.78, 5) is 26.0. The van der Waals surface area contributed by atoms with Crippen molar-refractivity contribution in [1.82, 2.24) is 4.90 Å². The Morgan fingerprint density at radius 1 is 1.11 bits per heavy atom. The number of halogens is 1. The van der Waals surface area contributed by atoms with Gasteiger partial charge >= 0.3 is 6.09 Å². The molecule has 0 aromatic heterocycles. The minimum atomic E-state index is -1.03. The van der Waals surface area contributed by atoms with Crippen molar-refractivity contribution in [3.8, 4) is 0 Å². The van der Waals surface area contributed by atoms with Gasteiger partial charge in [0.05, 0.1) is 5.92 Å². The third-order valence-corrected chi connectivity index (χ3v) is 4.72. The quantitative estimate of drug-likeness (QED) is 0.672. The third kappa shape index (κ3) is 6.40. The smallest absolute Gasteiger partial charge is 0.407 e. The van der Waals surface area contributed by atoms with Crippen molar-refractivity contribution in [2.45, 2.75) is 32.7 Å². The number of amides is 2. The highest BCUT2D eigenvalue weighted by Crippen LogP contribution is 2.21. The van der Waals surface area contributed by atoms with Crippen LogP contribution in [0.1, 0.15) is 26.3 Å². The lowest BCUT2D eigenvalue weighted by Crippen LogP contribution is -2.49. The van der Waals surface area contributed by atoms with Crippen molar-refractivity contribution in [1.29, 1.82) is 0 Å². The van der Waals surface area contributed by atoms with Gasteiger partial charge in [0.15, 0.2) is 0 Å². The fraction of sp³-hybridized carbons (Fsp3) is 0.333. The van der Waals surface area contributed by atoms with Gasteiger partial charge in [-0.1, -0.05) is 52.3 Å². The molecule has 0 saturated heterocycles. The number of carboxylic acid groups (broad SMARTS) is 1. The Labute approximate surface area is 168 Å². The molecule has 6 heteroatoms. The predicted octanol–water partition coefficient (Wildman–Crippen LogP) is 5.03. The summed E-state index contributed by atoms with van der Waals surface area (Å²) in [5, 5.41) is 12.5. The van der Waals surface area contributed by atoms with E-state index in [4.69, 9.17) is 0 Å². The van der Waals surface area contributed by atoms with Gasteiger partial charge < -0.3 is 15.3 Å². The van der Waals surface area contributed by atoms with E-state index in [9.17, 15) is 14.7 Å². The number of hydrogen-bond acceptors (Lipinski definition) is 2. The van der Waals surface area contributed by atoms with Gasteiger partial charge in [-0.25, -0.2) is 4.79 Å². The zero-order valence-corrected chi connectivity index (χ0v) is 17.4. The monoisotopic (exact) mass is 432 g/mol. The number of hydrogen-bond donors (Lipinski definition) is 2. The first-order valence-electron chi connectivity index (χ1n) is 8.78. The second-order valence-electron chi connectivity index (χ2n) is 7.45. The van der Waals surface area contributed by atoms with Crippen LogP contribution < -0.4 is 5.32 Å². The van der Waals surface area contributed by atoms with Crippen molar-refractivity contribution < 1.29 is 14.7 Å². The van der Waals surface area contributed by atoms with Crippen LogP contribution in [0.5, 0.6) is 0 Å². The number of nitrogens with one attached hydrogen (secondary N) is 1. The Morgan fingerprint density at radius 3 is 2.33 bits per heavy atom. The number of anilines is 1. The van der Waals surface area contributed by atoms with Crippen LogP contribution >= 0.6 is 15.9 Å². The maximum absolute atomic E-state index is 13.0. The first kappa shape index (κ1) is 21.0. The fourth-order valence-electron chi connectivity index (χ4n) is 2.81. The molecule has 0 heterocycles. The van der Waals surface area contributed by atoms with Gasteiger partial charge in [-0.05, 0) is 51.0 Å². The molecule has 1 unspecified atom stereocenters. The highest BCUT2D eigenvalue weighted by Gasteiger charge is 2.31. The molecule has 2 aromatic carbocycles. The lowest BCUT2D eigenvalue weighted by atomic mass is 9.95. The lowest BCUT2D eigenvalue weighted by Gasteiger charge is -2.35. The molecule has 27 heavy (non-hydrogen) atoms. The van der Waals surface area contributed by atoms with Crippen molar-refractivity contribution in [3.05, 3.63) is 64.6 Å². The number of rotatable bonds is 6. The Morgan fingerprint density at radius 2 is 1.78 bits per heavy atom. The molecule has 2 amide bonds. The SMILES string of the molecule is CC(C)(C)N(CC(Cc1ccccc1)C(=O)Nc1cccc(Br)c1)C(=O)O. The van der Waals surface area contributed by atoms with Crippen LogP contribution in [0.3, 0.4) is 0 Å². The summed E-state index contributed by atoms with van der Waals surface area (Å²) in [6.07, 6.45) is -0.573. The van der Waals surface area contributed by atoms with Crippen LogP contribution in [0, 0.1) is 5.92 Å². The van der Waals surface area contributed by atoms with E-state index in [0.717, 1.165) is 10.0 Å². The normalized spacial score (nSPS) is 12.3. The van der Waals surface area contributed by atoms with Gasteiger partial charge in [0, 0.05) is 22.2 Å². The van der Waals surface area contributed by atoms with Crippen LogP contribution in [-0.4, -0.2) is 34.1 Å². The third-order valence-electron chi connectivity index (χ3n) is 4.23. The van der Waals surface area contributed by atoms with Gasteiger partial charge in [0.1, 0.15) is 0 Å². The van der Waals surface area contributed by atoms with Gasteiger partial charge in [-0.15, -0.1) is 0 Å². The van der Waals surface area contributed by atoms with E-state index >= 15 is 0 Å². The molecule has 0 aliphatic carbocycles. The van der Waals surface area contributed by atoms with E-state index in [1.165, 1.54) is 4.90 Å². The first-order valence-corrected chi connectivity index (χ1v) is 9.57. The Bertz CT molecular complexity index is 788. The molecule has 0 bridgehead atoms. The van der Waals surface area contributed by atoms with Gasteiger partial charge in [0.2, 0.25) is 5.91 Å². The van der Waals surface area contributed by atoms with Gasteiger partial charge in [-0.2, -0.15) is 0 Å². The van der Waals surface area contributed by atoms with Crippen LogP contribution in [-0.2, 0) is 11.2 Å². The largest absolute Gasteiger partial charge is 0.465 e. The molecule has 0 aliphatic heterocycles. The number of carbonyl (C=O) groups excluding carboxylic acids is 1. The summed E-state index contributed by atoms with van der Waals surface area (Å²) in [7, 11) is 0. The molecular weight excluding hydrogens is 408 g/mol. The molecule has 1 atom stereocenters. The summed E-state index contributed by atoms with van der Waals surface area (Å²) in [5.41, 5.74) is 1.06. The van der Waals surface area contributed by atoms with Crippen molar-refractivity contribution in [2.75, 3.05) is 11.9 Å². The molecule has 0 fully saturated rings. The molecule has 0 saturated carbocycles. The summed E-state index contributed by atoms with van der Waals surface area (Å²) >= 11 is 3.39. The second-order valence-corrected chi connectivity index (χ2v) is 8.37. The number of nitrogens with zero attached hydrogens (tertiary/aromatic N) is 1. The zero-order valence-electron chi connectivity index (χ0n) is 15.8. The maximum Gasteiger partial charge on any atom is 0.407 e. The molecule has 2 aromatic rings. The summed E-state index contributed by atoms with van der Waals surface area (Å²) in [5.74, 6) is -0.714. The van der Waals surface area contributed by atoms with Gasteiger partial charge in [-0.3, -0.25) is 4.79 Å². The molecule has 2 rings (SSSR count). The van der Waals surface area contributed by atoms with E-state index in [-0.39, 0.29) is 12.5 Å². The lowest BCUT2D eigenvalue weighted by molar-refractivity contribution is -0.120. The number of benzene rings is 2. The van der Waals surface area contributed by atoms with E-state index in [0.29, 0.717) is 12.1 Å². The average Bonchev–Trinajstić information content (AvgIpc) is 2.58. The minimum Gasteiger partial charge on any atom is -0.465 e. The standard InChI is InChI=1S/C21H25BrN2O3/c1-21(2,3)24(20(26)27)14-16(12-15-8-5-4-6-9-15)19(25)23-18-11-7-10-17(22)13-18/h4-11,13,16H,12,14H2,1-3H3,(H,23,25)(H,26,27). The topological polar surface area (TPSA) is 69.6 Å². The van der Waals surface area contributed by atoms with Crippen molar-refractivity contribution in [3.63, 3.8) is 0 Å². The van der Waals surface area contributed by atoms with E-state index < -0.39 is 17.6 Å². The summed E-state index contributed by atoms with van der Waals surface area (Å²) in [6.45, 7) is 5.60. The maximum atomic E-state index is 13.0. The van der Waals surface area contributed by atoms with Crippen molar-refractivity contribution in [2.24, 2.45) is 5.92 Å². The van der Waals surface area contributed by atoms with Crippen molar-refractivity contribution >= 4 is 33.6 Å². The molecule has 2 N–H and O–H groups in total. The molecule has 0 spiro atoms. The van der Waals surface area contributed by atoms with Crippen LogP contribution in [0.25, 0.3) is 0 Å². The molecule has 144 valence electrons. The van der Waals surface area contributed by atoms with Crippen LogP contribution in [0.2, 0.25) is 0 Å². The predicted molar refractivity (Wildman–Crippen MR) is 111 cm³/mol. The van der Waals surface area contributed by atoms with Crippen LogP contribution in [0.4, 0.5) is 10.5 Å². The summed E-state index contributed by atoms with van der Waals surface area (Å²) in [6, 6.07) is 17.0. The Hall–Kier alpha value is -2.34. The average molecular weight is 433 g/mol. The fourth-order valence-corrected chi connectivity index (χ4v) is 3.21. The number of carbonyl (C=O) groups is 2. The zero-order chi connectivity index (χ0) is 20.0. The van der Waals surface area contributed by atoms with Gasteiger partial charge in [0.25, 0.3) is 0 Å². The summed E-state index contributed by atoms with van der Waals surface area (Å²) < 4.78 is 0.863. The van der Waals surface area contributed by atoms with E-state index in [1.54, 1.807) is 6.07 Å². The van der Waals surface area contributed by atoms with E-state index in [1.807, 2.05) is 69.3 Å². The van der Waals surface area contributed by atoms with E-state index in [2.05, 4.69) is 21.2 Å². The highest BCUT2D eigenvalue weighted by molar-refractivity contribution is 9.10. The Balaban J connectivity index is 2.25. The molecular formula is C21H25BrN2O3. The second kappa shape index (κ2) is 9.04. The first-order chi connectivity index (χ1) is 12.7. The molecule has 0 aliphatic rings. The minimum absolute atomic E-state index is 0.119. The molecule has 5 nitrogen and oxygen atoms in total. The Kier molecular flexibility index (Phi) is 7.02. The molecule has 0 radical (unpaired) electrons. The van der Waals surface area contributed by atoms with Crippen LogP contribution in [0.15, 0.2) is 59.1 Å². The highest BCUT2D eigenvalue weighted by atomic mass is 79.9.